The molecule has 1 aromatic rings. The Balaban J connectivity index is 0.00000338. The average Bonchev–Trinajstić information content (AvgIpc) is 2.64. The third kappa shape index (κ3) is 8.69. The van der Waals surface area contributed by atoms with Gasteiger partial charge in [-0.05, 0) is 37.7 Å². The molecular formula is C20H31IN4O. The first-order valence-corrected chi connectivity index (χ1v) is 9.09. The van der Waals surface area contributed by atoms with E-state index in [-0.39, 0.29) is 36.4 Å². The molecule has 0 fully saturated rings. The Morgan fingerprint density at radius 3 is 2.58 bits per heavy atom. The number of carbonyl (C=O) groups is 1. The zero-order valence-electron chi connectivity index (χ0n) is 15.8. The smallest absolute Gasteiger partial charge is 0.241 e. The number of hydrogen-bond acceptors (Lipinski definition) is 2. The number of allylic oxidation sites excluding steroid dienone is 1. The molecule has 2 rings (SSSR count). The van der Waals surface area contributed by atoms with Crippen LogP contribution in [0.15, 0.2) is 47.0 Å². The van der Waals surface area contributed by atoms with Gasteiger partial charge >= 0.3 is 0 Å². The maximum Gasteiger partial charge on any atom is 0.241 e. The Morgan fingerprint density at radius 1 is 1.15 bits per heavy atom. The van der Waals surface area contributed by atoms with Crippen LogP contribution in [0.2, 0.25) is 0 Å². The van der Waals surface area contributed by atoms with Crippen molar-refractivity contribution in [2.24, 2.45) is 4.99 Å². The highest BCUT2D eigenvalue weighted by atomic mass is 127. The van der Waals surface area contributed by atoms with Crippen molar-refractivity contribution in [3.05, 3.63) is 47.5 Å². The zero-order valence-corrected chi connectivity index (χ0v) is 18.2. The fourth-order valence-electron chi connectivity index (χ4n) is 2.72. The van der Waals surface area contributed by atoms with Crippen LogP contribution >= 0.6 is 24.0 Å². The number of aliphatic imine (C=N–C) groups is 1. The Kier molecular flexibility index (Phi) is 11.0. The highest BCUT2D eigenvalue weighted by molar-refractivity contribution is 14.0. The van der Waals surface area contributed by atoms with E-state index in [1.54, 1.807) is 19.0 Å². The molecule has 0 unspecified atom stereocenters. The molecule has 6 heteroatoms. The van der Waals surface area contributed by atoms with E-state index in [2.05, 4.69) is 33.8 Å². The molecule has 5 nitrogen and oxygen atoms in total. The van der Waals surface area contributed by atoms with Crippen LogP contribution in [-0.4, -0.2) is 44.0 Å². The zero-order chi connectivity index (χ0) is 17.9. The minimum atomic E-state index is 0. The van der Waals surface area contributed by atoms with Crippen LogP contribution in [0.5, 0.6) is 0 Å². The molecule has 0 atom stereocenters. The first-order valence-electron chi connectivity index (χ1n) is 9.09. The molecule has 0 bridgehead atoms. The third-order valence-corrected chi connectivity index (χ3v) is 4.29. The maximum atomic E-state index is 11.8. The Bertz CT molecular complexity index is 599. The lowest BCUT2D eigenvalue weighted by molar-refractivity contribution is -0.127. The summed E-state index contributed by atoms with van der Waals surface area (Å²) in [7, 11) is 3.52. The number of nitrogens with one attached hydrogen (secondary N) is 2. The molecule has 1 aromatic carbocycles. The van der Waals surface area contributed by atoms with Gasteiger partial charge in [-0.3, -0.25) is 4.79 Å². The van der Waals surface area contributed by atoms with Crippen molar-refractivity contribution >= 4 is 35.8 Å². The van der Waals surface area contributed by atoms with E-state index in [0.717, 1.165) is 18.5 Å². The van der Waals surface area contributed by atoms with Crippen molar-refractivity contribution < 1.29 is 4.79 Å². The van der Waals surface area contributed by atoms with Gasteiger partial charge in [-0.15, -0.1) is 24.0 Å². The summed E-state index contributed by atoms with van der Waals surface area (Å²) in [6.45, 7) is 1.67. The van der Waals surface area contributed by atoms with Crippen molar-refractivity contribution in [1.29, 1.82) is 0 Å². The lowest BCUT2D eigenvalue weighted by Gasteiger charge is -2.16. The second-order valence-electron chi connectivity index (χ2n) is 6.58. The Labute approximate surface area is 174 Å². The van der Waals surface area contributed by atoms with Gasteiger partial charge < -0.3 is 15.5 Å². The van der Waals surface area contributed by atoms with Gasteiger partial charge in [-0.2, -0.15) is 0 Å². The summed E-state index contributed by atoms with van der Waals surface area (Å²) in [4.78, 5) is 18.0. The molecule has 0 spiro atoms. The Hall–Kier alpha value is -1.57. The number of nitrogens with zero attached hydrogens (tertiary/aromatic N) is 2. The lowest BCUT2D eigenvalue weighted by Crippen LogP contribution is -2.43. The van der Waals surface area contributed by atoms with Gasteiger partial charge in [-0.1, -0.05) is 42.0 Å². The van der Waals surface area contributed by atoms with Crippen molar-refractivity contribution in [3.63, 3.8) is 0 Å². The topological polar surface area (TPSA) is 56.7 Å². The molecule has 0 saturated carbocycles. The van der Waals surface area contributed by atoms with Crippen LogP contribution in [0.4, 0.5) is 0 Å². The van der Waals surface area contributed by atoms with Gasteiger partial charge in [0.15, 0.2) is 5.96 Å². The third-order valence-electron chi connectivity index (χ3n) is 4.29. The van der Waals surface area contributed by atoms with Gasteiger partial charge in [-0.25, -0.2) is 4.99 Å². The van der Waals surface area contributed by atoms with Crippen molar-refractivity contribution in [2.75, 3.05) is 27.2 Å². The number of rotatable bonds is 7. The van der Waals surface area contributed by atoms with E-state index in [4.69, 9.17) is 0 Å². The number of amides is 1. The maximum absolute atomic E-state index is 11.8. The number of benzene rings is 1. The Morgan fingerprint density at radius 2 is 1.92 bits per heavy atom. The molecule has 0 saturated heterocycles. The second-order valence-corrected chi connectivity index (χ2v) is 6.58. The predicted octanol–water partition coefficient (Wildman–Crippen LogP) is 3.32. The summed E-state index contributed by atoms with van der Waals surface area (Å²) in [5, 5.41) is 6.50. The summed E-state index contributed by atoms with van der Waals surface area (Å²) in [6, 6.07) is 10.1. The fourth-order valence-corrected chi connectivity index (χ4v) is 2.72. The second kappa shape index (κ2) is 12.7. The minimum Gasteiger partial charge on any atom is -0.356 e. The standard InChI is InChI=1S/C20H30N4O.HI/c1-24(2)19(25)16-23-20(22-15-18-11-7-4-8-12-18)21-14-13-17-9-5-3-6-10-17;/h4,7-9,11-12H,3,5-6,10,13-16H2,1-2H3,(H2,21,22,23);1H. The molecule has 1 amide bonds. The van der Waals surface area contributed by atoms with E-state index in [9.17, 15) is 4.79 Å². The van der Waals surface area contributed by atoms with Crippen LogP contribution in [0.1, 0.15) is 37.7 Å². The number of likely N-dealkylation sites (N-methyl/N-ethyl adjacent to an activating group) is 1. The monoisotopic (exact) mass is 470 g/mol. The van der Waals surface area contributed by atoms with Crippen LogP contribution < -0.4 is 10.6 Å². The number of carbonyl (C=O) groups excluding carboxylic acids is 1. The molecule has 1 aliphatic rings. The highest BCUT2D eigenvalue weighted by Crippen LogP contribution is 2.19. The quantitative estimate of drug-likeness (QED) is 0.278. The van der Waals surface area contributed by atoms with E-state index < -0.39 is 0 Å². The summed E-state index contributed by atoms with van der Waals surface area (Å²) >= 11 is 0. The molecule has 0 aliphatic heterocycles. The summed E-state index contributed by atoms with van der Waals surface area (Å²) < 4.78 is 0. The van der Waals surface area contributed by atoms with Gasteiger partial charge in [0.05, 0.1) is 13.1 Å². The normalized spacial score (nSPS) is 14.1. The van der Waals surface area contributed by atoms with E-state index in [1.165, 1.54) is 31.3 Å². The van der Waals surface area contributed by atoms with Crippen molar-refractivity contribution in [1.82, 2.24) is 15.5 Å². The lowest BCUT2D eigenvalue weighted by atomic mass is 9.97. The predicted molar refractivity (Wildman–Crippen MR) is 119 cm³/mol. The van der Waals surface area contributed by atoms with Gasteiger partial charge in [0, 0.05) is 20.6 Å². The average molecular weight is 470 g/mol. The van der Waals surface area contributed by atoms with Crippen LogP contribution in [-0.2, 0) is 11.3 Å². The van der Waals surface area contributed by atoms with Crippen LogP contribution in [0.3, 0.4) is 0 Å². The van der Waals surface area contributed by atoms with Gasteiger partial charge in [0.1, 0.15) is 0 Å². The highest BCUT2D eigenvalue weighted by Gasteiger charge is 2.07. The number of guanidine groups is 1. The minimum absolute atomic E-state index is 0. The van der Waals surface area contributed by atoms with Crippen molar-refractivity contribution in [3.8, 4) is 0 Å². The first kappa shape index (κ1) is 22.5. The molecule has 26 heavy (non-hydrogen) atoms. The largest absolute Gasteiger partial charge is 0.356 e. The van der Waals surface area contributed by atoms with Gasteiger partial charge in [0.2, 0.25) is 5.91 Å². The van der Waals surface area contributed by atoms with Crippen LogP contribution in [0, 0.1) is 0 Å². The van der Waals surface area contributed by atoms with E-state index in [0.29, 0.717) is 12.5 Å². The number of halogens is 1. The summed E-state index contributed by atoms with van der Waals surface area (Å²) in [5.74, 6) is 0.722. The van der Waals surface area contributed by atoms with E-state index >= 15 is 0 Å². The number of hydrogen-bond donors (Lipinski definition) is 2. The van der Waals surface area contributed by atoms with E-state index in [1.807, 2.05) is 18.2 Å². The summed E-state index contributed by atoms with van der Waals surface area (Å²) in [5.41, 5.74) is 2.68. The molecule has 144 valence electrons. The SMILES string of the molecule is CN(C)C(=O)CNC(=NCc1ccccc1)NCCC1=CCCCC1.I. The van der Waals surface area contributed by atoms with Gasteiger partial charge in [0.25, 0.3) is 0 Å². The molecule has 0 heterocycles. The van der Waals surface area contributed by atoms with Crippen molar-refractivity contribution in [2.45, 2.75) is 38.6 Å². The molecule has 0 radical (unpaired) electrons. The molecular weight excluding hydrogens is 439 g/mol. The first-order chi connectivity index (χ1) is 12.1. The fraction of sp³-hybridized carbons (Fsp3) is 0.500. The van der Waals surface area contributed by atoms with Crippen LogP contribution in [0.25, 0.3) is 0 Å². The molecule has 1 aliphatic carbocycles. The summed E-state index contributed by atoms with van der Waals surface area (Å²) in [6.07, 6.45) is 8.44. The molecule has 2 N–H and O–H groups in total. The molecule has 0 aromatic heterocycles.